The Balaban J connectivity index is 1.98. The van der Waals surface area contributed by atoms with Gasteiger partial charge in [0, 0.05) is 11.3 Å². The monoisotopic (exact) mass is 344 g/mol. The van der Waals surface area contributed by atoms with Crippen LogP contribution in [0.15, 0.2) is 48.5 Å². The average Bonchev–Trinajstić information content (AvgIpc) is 2.57. The lowest BCUT2D eigenvalue weighted by Gasteiger charge is -2.23. The highest BCUT2D eigenvalue weighted by atomic mass is 32.1. The van der Waals surface area contributed by atoms with E-state index in [2.05, 4.69) is 55.9 Å². The third kappa shape index (κ3) is 5.22. The van der Waals surface area contributed by atoms with Crippen LogP contribution in [-0.2, 0) is 0 Å². The van der Waals surface area contributed by atoms with Gasteiger partial charge in [-0.3, -0.25) is 0 Å². The maximum absolute atomic E-state index is 5.42. The highest BCUT2D eigenvalue weighted by Crippen LogP contribution is 2.17. The summed E-state index contributed by atoms with van der Waals surface area (Å²) in [4.78, 5) is 1.33. The van der Waals surface area contributed by atoms with E-state index in [0.29, 0.717) is 5.11 Å². The van der Waals surface area contributed by atoms with E-state index in [1.807, 2.05) is 24.3 Å². The van der Waals surface area contributed by atoms with Crippen LogP contribution in [0.1, 0.15) is 17.2 Å². The molecule has 0 bridgehead atoms. The quantitative estimate of drug-likeness (QED) is 0.702. The summed E-state index contributed by atoms with van der Waals surface area (Å²) in [6.07, 6.45) is 0. The van der Waals surface area contributed by atoms with Gasteiger partial charge in [-0.1, -0.05) is 29.8 Å². The zero-order chi connectivity index (χ0) is 17.5. The Morgan fingerprint density at radius 3 is 2.50 bits per heavy atom. The summed E-state index contributed by atoms with van der Waals surface area (Å²) >= 11 is 5.42. The molecule has 0 heterocycles. The van der Waals surface area contributed by atoms with Gasteiger partial charge >= 0.3 is 0 Å². The second kappa shape index (κ2) is 8.66. The molecule has 4 nitrogen and oxygen atoms in total. The maximum Gasteiger partial charge on any atom is 0.171 e. The smallest absolute Gasteiger partial charge is 0.171 e. The molecule has 2 rings (SSSR count). The largest absolute Gasteiger partial charge is 0.497 e. The van der Waals surface area contributed by atoms with Gasteiger partial charge in [0.15, 0.2) is 5.11 Å². The lowest BCUT2D eigenvalue weighted by molar-refractivity contribution is -0.890. The number of ether oxygens (including phenoxy) is 1. The highest BCUT2D eigenvalue weighted by Gasteiger charge is 2.18. The van der Waals surface area contributed by atoms with Crippen LogP contribution in [0.5, 0.6) is 5.75 Å². The summed E-state index contributed by atoms with van der Waals surface area (Å²) in [6.45, 7) is 2.81. The number of anilines is 1. The van der Waals surface area contributed by atoms with Crippen molar-refractivity contribution in [2.75, 3.05) is 33.1 Å². The van der Waals surface area contributed by atoms with Gasteiger partial charge in [0.25, 0.3) is 0 Å². The van der Waals surface area contributed by atoms with Crippen LogP contribution < -0.4 is 20.3 Å². The number of benzene rings is 2. The number of rotatable bonds is 6. The van der Waals surface area contributed by atoms with Crippen molar-refractivity contribution in [1.29, 1.82) is 0 Å². The molecule has 0 aromatic heterocycles. The minimum atomic E-state index is 0.276. The number of quaternary nitrogens is 1. The van der Waals surface area contributed by atoms with Crippen LogP contribution in [0, 0.1) is 6.92 Å². The Labute approximate surface area is 149 Å². The molecule has 128 valence electrons. The molecular weight excluding hydrogens is 318 g/mol. The van der Waals surface area contributed by atoms with Gasteiger partial charge in [0.1, 0.15) is 11.8 Å². The van der Waals surface area contributed by atoms with E-state index < -0.39 is 0 Å². The van der Waals surface area contributed by atoms with Crippen molar-refractivity contribution in [1.82, 2.24) is 5.32 Å². The molecule has 0 radical (unpaired) electrons. The van der Waals surface area contributed by atoms with Crippen LogP contribution >= 0.6 is 12.2 Å². The van der Waals surface area contributed by atoms with E-state index >= 15 is 0 Å². The van der Waals surface area contributed by atoms with Gasteiger partial charge in [-0.05, 0) is 43.4 Å². The van der Waals surface area contributed by atoms with E-state index in [1.54, 1.807) is 7.11 Å². The standard InChI is InChI=1S/C19H25N3OS/c1-14-8-10-16(11-9-14)21-19(24)20-13-18(22(2)3)15-6-5-7-17(12-15)23-4/h5-12,18H,13H2,1-4H3,(H2,20,21,24)/p+1/t18-/m0/s1. The number of likely N-dealkylation sites (N-methyl/N-ethyl adjacent to an activating group) is 1. The van der Waals surface area contributed by atoms with E-state index in [0.717, 1.165) is 18.0 Å². The van der Waals surface area contributed by atoms with E-state index in [-0.39, 0.29) is 6.04 Å². The number of hydrogen-bond donors (Lipinski definition) is 3. The van der Waals surface area contributed by atoms with Crippen LogP contribution in [0.3, 0.4) is 0 Å². The van der Waals surface area contributed by atoms with E-state index in [1.165, 1.54) is 16.0 Å². The Morgan fingerprint density at radius 2 is 1.88 bits per heavy atom. The summed E-state index contributed by atoms with van der Waals surface area (Å²) < 4.78 is 5.33. The normalized spacial score (nSPS) is 11.9. The molecule has 5 heteroatoms. The number of hydrogen-bond acceptors (Lipinski definition) is 2. The second-order valence-corrected chi connectivity index (χ2v) is 6.52. The summed E-state index contributed by atoms with van der Waals surface area (Å²) in [7, 11) is 5.97. The molecule has 0 aliphatic rings. The Morgan fingerprint density at radius 1 is 1.17 bits per heavy atom. The molecule has 1 atom stereocenters. The minimum absolute atomic E-state index is 0.276. The second-order valence-electron chi connectivity index (χ2n) is 6.11. The number of methoxy groups -OCH3 is 1. The zero-order valence-electron chi connectivity index (χ0n) is 14.7. The number of aryl methyl sites for hydroxylation is 1. The molecule has 0 aliphatic heterocycles. The predicted molar refractivity (Wildman–Crippen MR) is 104 cm³/mol. The molecule has 0 amide bonds. The molecule has 3 N–H and O–H groups in total. The summed E-state index contributed by atoms with van der Waals surface area (Å²) in [5.74, 6) is 0.874. The topological polar surface area (TPSA) is 37.7 Å². The van der Waals surface area contributed by atoms with E-state index in [4.69, 9.17) is 17.0 Å². The van der Waals surface area contributed by atoms with Crippen LogP contribution in [0.4, 0.5) is 5.69 Å². The Bertz CT molecular complexity index is 671. The van der Waals surface area contributed by atoms with Gasteiger partial charge in [-0.25, -0.2) is 0 Å². The third-order valence-corrected chi connectivity index (χ3v) is 4.22. The van der Waals surface area contributed by atoms with Crippen LogP contribution in [-0.4, -0.2) is 32.9 Å². The molecule has 24 heavy (non-hydrogen) atoms. The minimum Gasteiger partial charge on any atom is -0.497 e. The van der Waals surface area contributed by atoms with Gasteiger partial charge in [0.2, 0.25) is 0 Å². The fraction of sp³-hybridized carbons (Fsp3) is 0.316. The van der Waals surface area contributed by atoms with Crippen molar-refractivity contribution < 1.29 is 9.64 Å². The van der Waals surface area contributed by atoms with Gasteiger partial charge in [-0.15, -0.1) is 0 Å². The fourth-order valence-corrected chi connectivity index (χ4v) is 2.72. The molecule has 2 aromatic rings. The van der Waals surface area contributed by atoms with Gasteiger partial charge in [-0.2, -0.15) is 0 Å². The highest BCUT2D eigenvalue weighted by molar-refractivity contribution is 7.80. The first kappa shape index (κ1) is 18.2. The van der Waals surface area contributed by atoms with Crippen molar-refractivity contribution in [2.24, 2.45) is 0 Å². The molecule has 2 aromatic carbocycles. The Hall–Kier alpha value is -2.11. The molecule has 0 fully saturated rings. The van der Waals surface area contributed by atoms with Crippen molar-refractivity contribution in [2.45, 2.75) is 13.0 Å². The molecule has 0 saturated carbocycles. The number of nitrogens with one attached hydrogen (secondary N) is 3. The van der Waals surface area contributed by atoms with Crippen LogP contribution in [0.25, 0.3) is 0 Å². The summed E-state index contributed by atoms with van der Waals surface area (Å²) in [6, 6.07) is 16.6. The fourth-order valence-electron chi connectivity index (χ4n) is 2.52. The van der Waals surface area contributed by atoms with Crippen molar-refractivity contribution >= 4 is 23.0 Å². The van der Waals surface area contributed by atoms with Crippen molar-refractivity contribution in [3.63, 3.8) is 0 Å². The van der Waals surface area contributed by atoms with E-state index in [9.17, 15) is 0 Å². The zero-order valence-corrected chi connectivity index (χ0v) is 15.5. The maximum atomic E-state index is 5.42. The number of thiocarbonyl (C=S) groups is 1. The van der Waals surface area contributed by atoms with Crippen molar-refractivity contribution in [3.8, 4) is 5.75 Å². The average molecular weight is 345 g/mol. The molecular formula is C19H26N3OS+. The van der Waals surface area contributed by atoms with Crippen molar-refractivity contribution in [3.05, 3.63) is 59.7 Å². The molecule has 0 spiro atoms. The molecule has 0 unspecified atom stereocenters. The first-order valence-corrected chi connectivity index (χ1v) is 8.46. The summed E-state index contributed by atoms with van der Waals surface area (Å²) in [5.41, 5.74) is 3.45. The van der Waals surface area contributed by atoms with Crippen LogP contribution in [0.2, 0.25) is 0 Å². The Kier molecular flexibility index (Phi) is 6.58. The third-order valence-electron chi connectivity index (χ3n) is 3.97. The first-order valence-electron chi connectivity index (χ1n) is 8.05. The van der Waals surface area contributed by atoms with Gasteiger partial charge in [0.05, 0.1) is 27.7 Å². The lowest BCUT2D eigenvalue weighted by Crippen LogP contribution is -3.07. The predicted octanol–water partition coefficient (Wildman–Crippen LogP) is 2.18. The summed E-state index contributed by atoms with van der Waals surface area (Å²) in [5, 5.41) is 7.18. The first-order chi connectivity index (χ1) is 11.5. The lowest BCUT2D eigenvalue weighted by atomic mass is 10.1. The molecule has 0 aliphatic carbocycles. The van der Waals surface area contributed by atoms with Gasteiger partial charge < -0.3 is 20.3 Å². The molecule has 0 saturated heterocycles. The SMILES string of the molecule is COc1cccc([C@H](CNC(=S)Nc2ccc(C)cc2)[NH+](C)C)c1.